The summed E-state index contributed by atoms with van der Waals surface area (Å²) in [5.74, 6) is 1.88. The zero-order valence-corrected chi connectivity index (χ0v) is 10.4. The maximum absolute atomic E-state index is 13.0. The van der Waals surface area contributed by atoms with Gasteiger partial charge in [-0.15, -0.1) is 6.58 Å². The summed E-state index contributed by atoms with van der Waals surface area (Å²) in [7, 11) is 0. The molecule has 0 unspecified atom stereocenters. The van der Waals surface area contributed by atoms with Crippen molar-refractivity contribution in [3.8, 4) is 0 Å². The summed E-state index contributed by atoms with van der Waals surface area (Å²) in [5.41, 5.74) is 2.17. The van der Waals surface area contributed by atoms with Crippen molar-refractivity contribution >= 4 is 11.8 Å². The Morgan fingerprint density at radius 2 is 2.31 bits per heavy atom. The van der Waals surface area contributed by atoms with Crippen LogP contribution in [0.1, 0.15) is 11.1 Å². The highest BCUT2D eigenvalue weighted by Crippen LogP contribution is 2.09. The van der Waals surface area contributed by atoms with Gasteiger partial charge in [0, 0.05) is 24.6 Å². The van der Waals surface area contributed by atoms with Gasteiger partial charge in [-0.3, -0.25) is 0 Å². The van der Waals surface area contributed by atoms with E-state index in [0.717, 1.165) is 35.7 Å². The van der Waals surface area contributed by atoms with E-state index >= 15 is 0 Å². The van der Waals surface area contributed by atoms with Gasteiger partial charge in [0.25, 0.3) is 0 Å². The molecule has 0 aliphatic heterocycles. The van der Waals surface area contributed by atoms with Gasteiger partial charge in [0.15, 0.2) is 0 Å². The molecule has 0 heterocycles. The molecular weight excluding hydrogens is 221 g/mol. The topological polar surface area (TPSA) is 12.0 Å². The molecule has 0 aromatic heterocycles. The molecule has 16 heavy (non-hydrogen) atoms. The molecule has 88 valence electrons. The molecule has 1 nitrogen and oxygen atoms in total. The monoisotopic (exact) mass is 239 g/mol. The Balaban J connectivity index is 2.26. The Hall–Kier alpha value is -0.800. The van der Waals surface area contributed by atoms with Crippen LogP contribution in [0.4, 0.5) is 4.39 Å². The molecule has 0 atom stereocenters. The summed E-state index contributed by atoms with van der Waals surface area (Å²) in [4.78, 5) is 0. The van der Waals surface area contributed by atoms with Gasteiger partial charge in [0.05, 0.1) is 0 Å². The number of aryl methyl sites for hydroxylation is 1. The lowest BCUT2D eigenvalue weighted by Gasteiger charge is -2.07. The summed E-state index contributed by atoms with van der Waals surface area (Å²) in [5, 5.41) is 3.31. The van der Waals surface area contributed by atoms with Crippen LogP contribution in [0.2, 0.25) is 0 Å². The molecule has 1 N–H and O–H groups in total. The van der Waals surface area contributed by atoms with E-state index in [9.17, 15) is 4.39 Å². The van der Waals surface area contributed by atoms with Crippen LogP contribution in [-0.4, -0.2) is 18.1 Å². The highest BCUT2D eigenvalue weighted by atomic mass is 32.2. The van der Waals surface area contributed by atoms with Gasteiger partial charge in [-0.1, -0.05) is 12.1 Å². The largest absolute Gasteiger partial charge is 0.312 e. The smallest absolute Gasteiger partial charge is 0.123 e. The zero-order valence-electron chi connectivity index (χ0n) is 9.63. The number of rotatable bonds is 7. The van der Waals surface area contributed by atoms with Gasteiger partial charge >= 0.3 is 0 Å². The maximum Gasteiger partial charge on any atom is 0.123 e. The quantitative estimate of drug-likeness (QED) is 0.579. The standard InChI is InChI=1S/C13H18FNS/c1-3-7-16-8-6-15-10-12-9-13(14)5-4-11(12)2/h3-5,9,15H,1,6-8,10H2,2H3. The van der Waals surface area contributed by atoms with Gasteiger partial charge in [0.1, 0.15) is 5.82 Å². The molecule has 0 spiro atoms. The fourth-order valence-electron chi connectivity index (χ4n) is 1.36. The van der Waals surface area contributed by atoms with Crippen molar-refractivity contribution in [3.05, 3.63) is 47.8 Å². The first-order valence-electron chi connectivity index (χ1n) is 5.38. The van der Waals surface area contributed by atoms with Crippen molar-refractivity contribution in [2.24, 2.45) is 0 Å². The van der Waals surface area contributed by atoms with E-state index < -0.39 is 0 Å². The van der Waals surface area contributed by atoms with Gasteiger partial charge < -0.3 is 5.32 Å². The van der Waals surface area contributed by atoms with Crippen molar-refractivity contribution in [1.82, 2.24) is 5.32 Å². The molecule has 3 heteroatoms. The first kappa shape index (κ1) is 13.3. The second-order valence-electron chi connectivity index (χ2n) is 3.61. The molecule has 1 rings (SSSR count). The minimum atomic E-state index is -0.163. The van der Waals surface area contributed by atoms with E-state index in [1.54, 1.807) is 6.07 Å². The molecular formula is C13H18FNS. The molecule has 0 amide bonds. The van der Waals surface area contributed by atoms with Crippen molar-refractivity contribution in [2.75, 3.05) is 18.1 Å². The summed E-state index contributed by atoms with van der Waals surface area (Å²) >= 11 is 1.84. The van der Waals surface area contributed by atoms with Crippen LogP contribution in [0.3, 0.4) is 0 Å². The fourth-order valence-corrected chi connectivity index (χ4v) is 1.99. The number of thioether (sulfide) groups is 1. The molecule has 1 aromatic rings. The van der Waals surface area contributed by atoms with Crippen LogP contribution >= 0.6 is 11.8 Å². The molecule has 0 saturated heterocycles. The Morgan fingerprint density at radius 1 is 1.50 bits per heavy atom. The maximum atomic E-state index is 13.0. The predicted octanol–water partition coefficient (Wildman–Crippen LogP) is 3.14. The Kier molecular flexibility index (Phi) is 6.19. The third kappa shape index (κ3) is 4.81. The first-order chi connectivity index (χ1) is 7.74. The van der Waals surface area contributed by atoms with Crippen molar-refractivity contribution in [1.29, 1.82) is 0 Å². The second-order valence-corrected chi connectivity index (χ2v) is 4.76. The lowest BCUT2D eigenvalue weighted by molar-refractivity contribution is 0.621. The minimum Gasteiger partial charge on any atom is -0.312 e. The van der Waals surface area contributed by atoms with Crippen molar-refractivity contribution < 1.29 is 4.39 Å². The fraction of sp³-hybridized carbons (Fsp3) is 0.385. The zero-order chi connectivity index (χ0) is 11.8. The van der Waals surface area contributed by atoms with Crippen LogP contribution in [-0.2, 0) is 6.54 Å². The molecule has 0 aliphatic rings. The number of benzene rings is 1. The predicted molar refractivity (Wildman–Crippen MR) is 70.4 cm³/mol. The molecule has 1 aromatic carbocycles. The molecule has 0 saturated carbocycles. The Labute approximate surface area is 101 Å². The number of hydrogen-bond donors (Lipinski definition) is 1. The lowest BCUT2D eigenvalue weighted by Crippen LogP contribution is -2.17. The molecule has 0 aliphatic carbocycles. The summed E-state index contributed by atoms with van der Waals surface area (Å²) in [6, 6.07) is 4.91. The number of nitrogens with one attached hydrogen (secondary N) is 1. The van der Waals surface area contributed by atoms with Gasteiger partial charge in [0.2, 0.25) is 0 Å². The summed E-state index contributed by atoms with van der Waals surface area (Å²) in [6.45, 7) is 7.34. The summed E-state index contributed by atoms with van der Waals surface area (Å²) < 4.78 is 13.0. The van der Waals surface area contributed by atoms with E-state index in [4.69, 9.17) is 0 Å². The first-order valence-corrected chi connectivity index (χ1v) is 6.54. The highest BCUT2D eigenvalue weighted by Gasteiger charge is 1.99. The highest BCUT2D eigenvalue weighted by molar-refractivity contribution is 7.99. The Bertz CT molecular complexity index is 339. The van der Waals surface area contributed by atoms with Crippen molar-refractivity contribution in [2.45, 2.75) is 13.5 Å². The van der Waals surface area contributed by atoms with Gasteiger partial charge in [-0.2, -0.15) is 11.8 Å². The van der Waals surface area contributed by atoms with E-state index in [0.29, 0.717) is 0 Å². The third-order valence-corrected chi connectivity index (χ3v) is 3.25. The summed E-state index contributed by atoms with van der Waals surface area (Å²) in [6.07, 6.45) is 1.90. The van der Waals surface area contributed by atoms with Crippen LogP contribution in [0.15, 0.2) is 30.9 Å². The van der Waals surface area contributed by atoms with Gasteiger partial charge in [-0.05, 0) is 30.2 Å². The van der Waals surface area contributed by atoms with Crippen LogP contribution in [0, 0.1) is 12.7 Å². The number of hydrogen-bond acceptors (Lipinski definition) is 2. The lowest BCUT2D eigenvalue weighted by atomic mass is 10.1. The van der Waals surface area contributed by atoms with E-state index in [-0.39, 0.29) is 5.82 Å². The second kappa shape index (κ2) is 7.47. The SMILES string of the molecule is C=CCSCCNCc1cc(F)ccc1C. The molecule has 0 radical (unpaired) electrons. The van der Waals surface area contributed by atoms with E-state index in [2.05, 4.69) is 11.9 Å². The molecule has 0 bridgehead atoms. The van der Waals surface area contributed by atoms with Crippen LogP contribution < -0.4 is 5.32 Å². The average molecular weight is 239 g/mol. The number of halogens is 1. The minimum absolute atomic E-state index is 0.163. The van der Waals surface area contributed by atoms with Crippen LogP contribution in [0.25, 0.3) is 0 Å². The van der Waals surface area contributed by atoms with E-state index in [1.165, 1.54) is 6.07 Å². The van der Waals surface area contributed by atoms with Gasteiger partial charge in [-0.25, -0.2) is 4.39 Å². The van der Waals surface area contributed by atoms with E-state index in [1.807, 2.05) is 30.8 Å². The molecule has 0 fully saturated rings. The van der Waals surface area contributed by atoms with Crippen molar-refractivity contribution in [3.63, 3.8) is 0 Å². The third-order valence-electron chi connectivity index (χ3n) is 2.29. The average Bonchev–Trinajstić information content (AvgIpc) is 2.28. The normalized spacial score (nSPS) is 10.4. The Morgan fingerprint density at radius 3 is 3.06 bits per heavy atom. The van der Waals surface area contributed by atoms with Crippen LogP contribution in [0.5, 0.6) is 0 Å².